The maximum atomic E-state index is 12.5. The predicted molar refractivity (Wildman–Crippen MR) is 81.1 cm³/mol. The third-order valence-electron chi connectivity index (χ3n) is 5.39. The molecule has 2 amide bonds. The number of nitrogens with one attached hydrogen (secondary N) is 1. The van der Waals surface area contributed by atoms with Crippen LogP contribution in [-0.4, -0.2) is 40.6 Å². The van der Waals surface area contributed by atoms with E-state index in [1.54, 1.807) is 0 Å². The average molecular weight is 296 g/mol. The number of hydrogen-bond acceptors (Lipinski definition) is 2. The molecule has 2 aliphatic rings. The third-order valence-corrected chi connectivity index (χ3v) is 5.39. The lowest BCUT2D eigenvalue weighted by atomic mass is 9.87. The molecule has 0 aromatic carbocycles. The molecule has 1 saturated carbocycles. The zero-order valence-corrected chi connectivity index (χ0v) is 13.4. The van der Waals surface area contributed by atoms with Crippen LogP contribution in [0.5, 0.6) is 0 Å². The van der Waals surface area contributed by atoms with E-state index in [4.69, 9.17) is 0 Å². The Morgan fingerprint density at radius 1 is 1.33 bits per heavy atom. The Morgan fingerprint density at radius 3 is 2.57 bits per heavy atom. The van der Waals surface area contributed by atoms with E-state index in [2.05, 4.69) is 26.1 Å². The molecular formula is C16H28N2O3. The highest BCUT2D eigenvalue weighted by atomic mass is 16.4. The topological polar surface area (TPSA) is 69.6 Å². The first-order chi connectivity index (χ1) is 9.85. The quantitative estimate of drug-likeness (QED) is 0.841. The first kappa shape index (κ1) is 16.1. The standard InChI is InChI=1S/C16H28N2O3/c1-4-11-7-9-18(12(10-11)14(19)20)15(21)17-13-6-5-8-16(13,2)3/h11-13H,4-10H2,1-3H3,(H,17,21)(H,19,20). The van der Waals surface area contributed by atoms with Crippen molar-refractivity contribution in [2.75, 3.05) is 6.54 Å². The number of carboxylic acid groups (broad SMARTS) is 1. The van der Waals surface area contributed by atoms with Gasteiger partial charge in [0.25, 0.3) is 0 Å². The molecule has 1 heterocycles. The number of rotatable bonds is 3. The van der Waals surface area contributed by atoms with Gasteiger partial charge < -0.3 is 15.3 Å². The van der Waals surface area contributed by atoms with Crippen molar-refractivity contribution >= 4 is 12.0 Å². The monoisotopic (exact) mass is 296 g/mol. The number of likely N-dealkylation sites (tertiary alicyclic amines) is 1. The zero-order chi connectivity index (χ0) is 15.6. The summed E-state index contributed by atoms with van der Waals surface area (Å²) in [6, 6.07) is -0.714. The van der Waals surface area contributed by atoms with Crippen LogP contribution in [0.3, 0.4) is 0 Å². The lowest BCUT2D eigenvalue weighted by Crippen LogP contribution is -2.56. The van der Waals surface area contributed by atoms with Crippen LogP contribution in [0.2, 0.25) is 0 Å². The van der Waals surface area contributed by atoms with Crippen molar-refractivity contribution in [3.8, 4) is 0 Å². The van der Waals surface area contributed by atoms with Gasteiger partial charge in [0.15, 0.2) is 0 Å². The lowest BCUT2D eigenvalue weighted by molar-refractivity contribution is -0.144. The number of carbonyl (C=O) groups excluding carboxylic acids is 1. The summed E-state index contributed by atoms with van der Waals surface area (Å²) in [6.07, 6.45) is 5.68. The number of nitrogens with zero attached hydrogens (tertiary/aromatic N) is 1. The average Bonchev–Trinajstić information content (AvgIpc) is 2.77. The maximum absolute atomic E-state index is 12.5. The minimum Gasteiger partial charge on any atom is -0.480 e. The van der Waals surface area contributed by atoms with Crippen molar-refractivity contribution in [2.24, 2.45) is 11.3 Å². The molecule has 0 spiro atoms. The SMILES string of the molecule is CCC1CCN(C(=O)NC2CCCC2(C)C)C(C(=O)O)C1. The highest BCUT2D eigenvalue weighted by Crippen LogP contribution is 2.37. The van der Waals surface area contributed by atoms with E-state index in [1.165, 1.54) is 4.90 Å². The van der Waals surface area contributed by atoms with E-state index in [-0.39, 0.29) is 17.5 Å². The number of aliphatic carboxylic acids is 1. The van der Waals surface area contributed by atoms with Crippen molar-refractivity contribution in [3.63, 3.8) is 0 Å². The summed E-state index contributed by atoms with van der Waals surface area (Å²) < 4.78 is 0. The van der Waals surface area contributed by atoms with Crippen molar-refractivity contribution in [1.29, 1.82) is 0 Å². The number of urea groups is 1. The molecule has 120 valence electrons. The molecule has 0 aromatic rings. The van der Waals surface area contributed by atoms with E-state index in [9.17, 15) is 14.7 Å². The number of amides is 2. The molecule has 1 saturated heterocycles. The van der Waals surface area contributed by atoms with Crippen molar-refractivity contribution in [2.45, 2.75) is 71.4 Å². The summed E-state index contributed by atoms with van der Waals surface area (Å²) in [7, 11) is 0. The minimum absolute atomic E-state index is 0.107. The van der Waals surface area contributed by atoms with Crippen LogP contribution in [0, 0.1) is 11.3 Å². The van der Waals surface area contributed by atoms with Gasteiger partial charge in [-0.25, -0.2) is 9.59 Å². The molecule has 1 aliphatic carbocycles. The second-order valence-electron chi connectivity index (χ2n) is 7.23. The molecule has 0 radical (unpaired) electrons. The van der Waals surface area contributed by atoms with Crippen LogP contribution in [0.1, 0.15) is 59.3 Å². The molecule has 21 heavy (non-hydrogen) atoms. The number of hydrogen-bond donors (Lipinski definition) is 2. The minimum atomic E-state index is -0.881. The Bertz CT molecular complexity index is 408. The molecule has 5 nitrogen and oxygen atoms in total. The van der Waals surface area contributed by atoms with Gasteiger partial charge in [-0.05, 0) is 37.0 Å². The van der Waals surface area contributed by atoms with Gasteiger partial charge in [0.1, 0.15) is 6.04 Å². The summed E-state index contributed by atoms with van der Waals surface area (Å²) in [5, 5.41) is 12.5. The van der Waals surface area contributed by atoms with Crippen LogP contribution in [0.4, 0.5) is 4.79 Å². The molecule has 3 unspecified atom stereocenters. The van der Waals surface area contributed by atoms with Gasteiger partial charge in [0, 0.05) is 12.6 Å². The van der Waals surface area contributed by atoms with E-state index in [0.717, 1.165) is 32.1 Å². The number of carboxylic acids is 1. The molecule has 5 heteroatoms. The highest BCUT2D eigenvalue weighted by Gasteiger charge is 2.40. The Hall–Kier alpha value is -1.26. The van der Waals surface area contributed by atoms with Crippen molar-refractivity contribution in [1.82, 2.24) is 10.2 Å². The number of carbonyl (C=O) groups is 2. The van der Waals surface area contributed by atoms with Crippen LogP contribution in [0.25, 0.3) is 0 Å². The molecule has 0 bridgehead atoms. The van der Waals surface area contributed by atoms with Gasteiger partial charge >= 0.3 is 12.0 Å². The Kier molecular flexibility index (Phi) is 4.79. The van der Waals surface area contributed by atoms with E-state index >= 15 is 0 Å². The molecule has 2 fully saturated rings. The fourth-order valence-corrected chi connectivity index (χ4v) is 3.71. The molecule has 1 aliphatic heterocycles. The summed E-state index contributed by atoms with van der Waals surface area (Å²) in [5.74, 6) is -0.466. The van der Waals surface area contributed by atoms with Gasteiger partial charge in [-0.15, -0.1) is 0 Å². The maximum Gasteiger partial charge on any atom is 0.326 e. The van der Waals surface area contributed by atoms with Gasteiger partial charge in [-0.3, -0.25) is 0 Å². The Balaban J connectivity index is 2.02. The van der Waals surface area contributed by atoms with Crippen molar-refractivity contribution in [3.05, 3.63) is 0 Å². The first-order valence-corrected chi connectivity index (χ1v) is 8.15. The van der Waals surface area contributed by atoms with Gasteiger partial charge in [0.2, 0.25) is 0 Å². The molecule has 0 aromatic heterocycles. The summed E-state index contributed by atoms with van der Waals surface area (Å²) in [4.78, 5) is 25.5. The van der Waals surface area contributed by atoms with Gasteiger partial charge in [0.05, 0.1) is 0 Å². The lowest BCUT2D eigenvalue weighted by Gasteiger charge is -2.38. The third kappa shape index (κ3) is 3.50. The van der Waals surface area contributed by atoms with E-state index in [0.29, 0.717) is 18.9 Å². The van der Waals surface area contributed by atoms with Crippen LogP contribution in [0.15, 0.2) is 0 Å². The summed E-state index contributed by atoms with van der Waals surface area (Å²) >= 11 is 0. The van der Waals surface area contributed by atoms with Crippen LogP contribution in [-0.2, 0) is 4.79 Å². The van der Waals surface area contributed by atoms with E-state index < -0.39 is 12.0 Å². The first-order valence-electron chi connectivity index (χ1n) is 8.15. The molecule has 2 rings (SSSR count). The Morgan fingerprint density at radius 2 is 2.05 bits per heavy atom. The molecule has 2 N–H and O–H groups in total. The zero-order valence-electron chi connectivity index (χ0n) is 13.4. The van der Waals surface area contributed by atoms with Crippen LogP contribution >= 0.6 is 0 Å². The Labute approximate surface area is 127 Å². The fraction of sp³-hybridized carbons (Fsp3) is 0.875. The largest absolute Gasteiger partial charge is 0.480 e. The molecular weight excluding hydrogens is 268 g/mol. The second-order valence-corrected chi connectivity index (χ2v) is 7.23. The second kappa shape index (κ2) is 6.24. The summed E-state index contributed by atoms with van der Waals surface area (Å²) in [6.45, 7) is 6.97. The fourth-order valence-electron chi connectivity index (χ4n) is 3.71. The van der Waals surface area contributed by atoms with Gasteiger partial charge in [-0.1, -0.05) is 33.6 Å². The summed E-state index contributed by atoms with van der Waals surface area (Å²) in [5.41, 5.74) is 0.107. The van der Waals surface area contributed by atoms with Gasteiger partial charge in [-0.2, -0.15) is 0 Å². The normalized spacial score (nSPS) is 32.0. The molecule has 3 atom stereocenters. The predicted octanol–water partition coefficient (Wildman–Crippen LogP) is 2.85. The van der Waals surface area contributed by atoms with E-state index in [1.807, 2.05) is 0 Å². The van der Waals surface area contributed by atoms with Crippen molar-refractivity contribution < 1.29 is 14.7 Å². The smallest absolute Gasteiger partial charge is 0.326 e. The van der Waals surface area contributed by atoms with Crippen LogP contribution < -0.4 is 5.32 Å². The number of piperidine rings is 1. The highest BCUT2D eigenvalue weighted by molar-refractivity contribution is 5.83.